The van der Waals surface area contributed by atoms with Gasteiger partial charge in [-0.15, -0.1) is 45.3 Å². The topological polar surface area (TPSA) is 191 Å². The molecule has 0 spiro atoms. The zero-order chi connectivity index (χ0) is 64.2. The number of para-hydroxylation sites is 8. The fourth-order valence-corrected chi connectivity index (χ4v) is 15.3. The molecule has 492 valence electrons. The Labute approximate surface area is 597 Å². The number of thiazole rings is 4. The Morgan fingerprint density at radius 1 is 0.160 bits per heavy atom. The fraction of sp³-hybridized carbons (Fsp3) is 0. The van der Waals surface area contributed by atoms with Crippen molar-refractivity contribution < 1.29 is 21.9 Å². The Hall–Kier alpha value is -11.8. The molecule has 12 aromatic carbocycles. The third-order valence-corrected chi connectivity index (χ3v) is 20.7. The van der Waals surface area contributed by atoms with Crippen LogP contribution < -0.4 is 19.6 Å². The molecule has 16 aromatic rings. The van der Waals surface area contributed by atoms with Crippen LogP contribution >= 0.6 is 45.3 Å². The summed E-state index contributed by atoms with van der Waals surface area (Å²) in [5.74, 6) is 0. The van der Waals surface area contributed by atoms with E-state index in [0.29, 0.717) is 0 Å². The number of nitrogens with zero attached hydrogens (tertiary/aromatic N) is 8. The molecular weight excluding hydrogens is 1310 g/mol. The van der Waals surface area contributed by atoms with Gasteiger partial charge in [-0.05, 0) is 194 Å². The first kappa shape index (κ1) is 69.5. The highest BCUT2D eigenvalue weighted by Gasteiger charge is 2.20. The largest absolute Gasteiger partial charge is 0.412 e. The van der Waals surface area contributed by atoms with Crippen molar-refractivity contribution in [2.75, 3.05) is 19.6 Å². The van der Waals surface area contributed by atoms with E-state index in [2.05, 4.69) is 311 Å². The van der Waals surface area contributed by atoms with E-state index < -0.39 is 0 Å². The highest BCUT2D eigenvalue weighted by molar-refractivity contribution is 7.25. The molecule has 0 saturated heterocycles. The van der Waals surface area contributed by atoms with Gasteiger partial charge in [0.15, 0.2) is 0 Å². The second-order valence-electron chi connectivity index (χ2n) is 22.3. The average molecular weight is 1380 g/mol. The van der Waals surface area contributed by atoms with E-state index in [9.17, 15) is 0 Å². The molecule has 16 heteroatoms. The van der Waals surface area contributed by atoms with E-state index in [1.165, 1.54) is 0 Å². The van der Waals surface area contributed by atoms with E-state index >= 15 is 0 Å². The molecule has 4 aromatic heterocycles. The molecule has 12 nitrogen and oxygen atoms in total. The molecule has 16 rings (SSSR count). The van der Waals surface area contributed by atoms with Gasteiger partial charge in [0, 0.05) is 115 Å². The van der Waals surface area contributed by atoms with Crippen LogP contribution in [0.5, 0.6) is 0 Å². The lowest BCUT2D eigenvalue weighted by Crippen LogP contribution is -2.09. The van der Waals surface area contributed by atoms with E-state index in [4.69, 9.17) is 19.9 Å². The maximum atomic E-state index is 4.80. The minimum Gasteiger partial charge on any atom is -0.412 e. The van der Waals surface area contributed by atoms with Crippen LogP contribution in [0.4, 0.5) is 68.2 Å². The van der Waals surface area contributed by atoms with E-state index in [1.807, 2.05) is 73.3 Å². The number of anilines is 12. The molecule has 100 heavy (non-hydrogen) atoms. The van der Waals surface area contributed by atoms with Crippen molar-refractivity contribution in [1.82, 2.24) is 19.9 Å². The van der Waals surface area contributed by atoms with Crippen molar-refractivity contribution in [3.05, 3.63) is 365 Å². The number of rotatable bonds is 18. The van der Waals surface area contributed by atoms with Crippen LogP contribution in [0, 0.1) is 0 Å². The first-order chi connectivity index (χ1) is 47.6. The summed E-state index contributed by atoms with van der Waals surface area (Å²) in [5.41, 5.74) is 17.7. The smallest absolute Gasteiger partial charge is 0.123 e. The zero-order valence-electron chi connectivity index (χ0n) is 53.9. The molecule has 0 bridgehead atoms. The van der Waals surface area contributed by atoms with Crippen LogP contribution in [-0.4, -0.2) is 41.8 Å². The summed E-state index contributed by atoms with van der Waals surface area (Å²) in [5, 5.41) is 3.96. The molecule has 0 aliphatic carbocycles. The second-order valence-corrected chi connectivity index (χ2v) is 26.5. The first-order valence-electron chi connectivity index (χ1n) is 31.5. The molecule has 0 atom stereocenters. The summed E-state index contributed by atoms with van der Waals surface area (Å²) < 4.78 is 0. The predicted octanol–water partition coefficient (Wildman–Crippen LogP) is 21.8. The lowest BCUT2D eigenvalue weighted by Gasteiger charge is -2.25. The van der Waals surface area contributed by atoms with E-state index in [-0.39, 0.29) is 21.9 Å². The lowest BCUT2D eigenvalue weighted by atomic mass is 10.1. The number of aromatic nitrogens is 4. The Morgan fingerprint density at radius 2 is 0.290 bits per heavy atom. The molecule has 0 aliphatic heterocycles. The van der Waals surface area contributed by atoms with Gasteiger partial charge in [-0.2, -0.15) is 0 Å². The van der Waals surface area contributed by atoms with Gasteiger partial charge in [0.1, 0.15) is 20.0 Å². The summed E-state index contributed by atoms with van der Waals surface area (Å²) in [4.78, 5) is 32.7. The summed E-state index contributed by atoms with van der Waals surface area (Å²) in [6, 6.07) is 118. The summed E-state index contributed by atoms with van der Waals surface area (Å²) in [7, 11) is 0. The minimum absolute atomic E-state index is 0. The highest BCUT2D eigenvalue weighted by Crippen LogP contribution is 2.44. The van der Waals surface area contributed by atoms with Gasteiger partial charge < -0.3 is 41.5 Å². The van der Waals surface area contributed by atoms with E-state index in [0.717, 1.165) is 130 Å². The molecule has 0 fully saturated rings. The van der Waals surface area contributed by atoms with Gasteiger partial charge in [-0.25, -0.2) is 19.9 Å². The van der Waals surface area contributed by atoms with Gasteiger partial charge in [-0.3, -0.25) is 0 Å². The van der Waals surface area contributed by atoms with Crippen molar-refractivity contribution in [1.29, 1.82) is 0 Å². The zero-order valence-corrected chi connectivity index (χ0v) is 57.1. The lowest BCUT2D eigenvalue weighted by molar-refractivity contribution is 0.823. The molecule has 0 saturated carbocycles. The van der Waals surface area contributed by atoms with Crippen LogP contribution in [0.25, 0.3) is 61.8 Å². The van der Waals surface area contributed by atoms with Crippen molar-refractivity contribution in [2.45, 2.75) is 0 Å². The van der Waals surface area contributed by atoms with Crippen LogP contribution in [0.3, 0.4) is 0 Å². The van der Waals surface area contributed by atoms with Gasteiger partial charge in [0.05, 0.1) is 19.5 Å². The standard InChI is InChI=1S/2C42H30N4S2.4H2O/c2*1-5-13-33(14-6-1)45(34-15-7-2-8-16-34)37-25-21-31(22-26-37)41-43-29-39(47-41)40-30-44-42(48-40)32-23-27-38(28-24-32)46(35-17-9-3-10-18-35)36-19-11-4-12-20-36;;;;/h2*1-30H;4*1H2. The average Bonchev–Trinajstić information content (AvgIpc) is 1.40. The number of benzene rings is 12. The Bertz CT molecular complexity index is 4290. The quantitative estimate of drug-likeness (QED) is 0.0810. The molecular formula is C84H68N8O4S4. The normalized spacial score (nSPS) is 10.5. The molecule has 0 radical (unpaired) electrons. The van der Waals surface area contributed by atoms with Crippen molar-refractivity contribution >= 4 is 114 Å². The van der Waals surface area contributed by atoms with Gasteiger partial charge in [0.2, 0.25) is 0 Å². The number of hydrogen-bond acceptors (Lipinski definition) is 12. The molecule has 8 N–H and O–H groups in total. The number of hydrogen-bond donors (Lipinski definition) is 0. The van der Waals surface area contributed by atoms with Crippen LogP contribution in [0.1, 0.15) is 0 Å². The summed E-state index contributed by atoms with van der Waals surface area (Å²) in [6.45, 7) is 0. The monoisotopic (exact) mass is 1380 g/mol. The Morgan fingerprint density at radius 3 is 0.430 bits per heavy atom. The van der Waals surface area contributed by atoms with Crippen LogP contribution in [0.15, 0.2) is 365 Å². The van der Waals surface area contributed by atoms with Crippen molar-refractivity contribution in [3.63, 3.8) is 0 Å². The van der Waals surface area contributed by atoms with Gasteiger partial charge >= 0.3 is 0 Å². The third-order valence-electron chi connectivity index (χ3n) is 16.1. The second kappa shape index (κ2) is 33.0. The Balaban J connectivity index is 0.000000194. The Kier molecular flexibility index (Phi) is 22.9. The van der Waals surface area contributed by atoms with E-state index in [1.54, 1.807) is 45.3 Å². The molecule has 4 heterocycles. The predicted molar refractivity (Wildman–Crippen MR) is 421 cm³/mol. The third kappa shape index (κ3) is 15.6. The molecule has 0 unspecified atom stereocenters. The maximum absolute atomic E-state index is 4.80. The molecule has 0 amide bonds. The fourth-order valence-electron chi connectivity index (χ4n) is 11.5. The van der Waals surface area contributed by atoms with Gasteiger partial charge in [0.25, 0.3) is 0 Å². The van der Waals surface area contributed by atoms with Crippen molar-refractivity contribution in [3.8, 4) is 61.8 Å². The van der Waals surface area contributed by atoms with Crippen molar-refractivity contribution in [2.24, 2.45) is 0 Å². The maximum Gasteiger partial charge on any atom is 0.123 e. The minimum atomic E-state index is 0. The van der Waals surface area contributed by atoms with Crippen LogP contribution in [0.2, 0.25) is 0 Å². The molecule has 0 aliphatic rings. The van der Waals surface area contributed by atoms with Gasteiger partial charge in [-0.1, -0.05) is 146 Å². The first-order valence-corrected chi connectivity index (χ1v) is 34.7. The highest BCUT2D eigenvalue weighted by atomic mass is 32.1. The summed E-state index contributed by atoms with van der Waals surface area (Å²) in [6.07, 6.45) is 7.86. The SMILES string of the molecule is O.O.O.O.c1ccc(N(c2ccccc2)c2ccc(-c3ncc(-c4cnc(-c5ccc(N(c6ccccc6)c6ccccc6)cc5)s4)s3)cc2)cc1.c1ccc(N(c2ccccc2)c2ccc(-c3ncc(-c4cnc(-c5ccc(N(c6ccccc6)c6ccccc6)cc5)s4)s3)cc2)cc1. The summed E-state index contributed by atoms with van der Waals surface area (Å²) >= 11 is 6.78. The van der Waals surface area contributed by atoms with Crippen LogP contribution in [-0.2, 0) is 0 Å².